The molecular formula is C19H33N2O2P. The number of nitrogens with one attached hydrogen (secondary N) is 1. The maximum absolute atomic E-state index is 13.4. The Kier molecular flexibility index (Phi) is 6.04. The quantitative estimate of drug-likeness (QED) is 0.817. The lowest BCUT2D eigenvalue weighted by Gasteiger charge is -2.33. The van der Waals surface area contributed by atoms with Gasteiger partial charge in [0, 0.05) is 30.2 Å². The zero-order valence-electron chi connectivity index (χ0n) is 16.1. The first-order valence-electron chi connectivity index (χ1n) is 8.82. The third kappa shape index (κ3) is 4.77. The van der Waals surface area contributed by atoms with Gasteiger partial charge in [0.2, 0.25) is 0 Å². The highest BCUT2D eigenvalue weighted by Gasteiger charge is 2.32. The molecule has 1 aromatic rings. The lowest BCUT2D eigenvalue weighted by molar-refractivity contribution is 0.274. The standard InChI is InChI=1S/C19H33N2O2P/c1-19(2,3)14-20-17-8-7-16(13-18(17)23-6)24(22)11-9-15(10-12-24)21(4)5/h7-8,13,15,20H,9-12,14H2,1-6H3. The normalized spacial score (nSPS) is 24.9. The Morgan fingerprint density at radius 1 is 1.25 bits per heavy atom. The molecule has 1 heterocycles. The zero-order valence-corrected chi connectivity index (χ0v) is 17.0. The molecule has 1 aliphatic heterocycles. The SMILES string of the molecule is COc1cc(P2(=O)CCC(N(C)C)CC2)ccc1NCC(C)(C)C. The summed E-state index contributed by atoms with van der Waals surface area (Å²) in [6.45, 7) is 7.46. The molecule has 0 aliphatic carbocycles. The first kappa shape index (κ1) is 19.3. The summed E-state index contributed by atoms with van der Waals surface area (Å²) in [5, 5.41) is 4.42. The summed E-state index contributed by atoms with van der Waals surface area (Å²) in [7, 11) is 3.61. The predicted octanol–water partition coefficient (Wildman–Crippen LogP) is 3.87. The Morgan fingerprint density at radius 3 is 2.38 bits per heavy atom. The lowest BCUT2D eigenvalue weighted by atomic mass is 9.97. The Bertz CT molecular complexity index is 596. The molecule has 0 bridgehead atoms. The first-order chi connectivity index (χ1) is 11.1. The molecule has 0 aromatic heterocycles. The fraction of sp³-hybridized carbons (Fsp3) is 0.684. The highest BCUT2D eigenvalue weighted by Crippen LogP contribution is 2.50. The van der Waals surface area contributed by atoms with Crippen molar-refractivity contribution in [3.05, 3.63) is 18.2 Å². The van der Waals surface area contributed by atoms with Crippen LogP contribution in [0.25, 0.3) is 0 Å². The van der Waals surface area contributed by atoms with E-state index < -0.39 is 7.14 Å². The highest BCUT2D eigenvalue weighted by atomic mass is 31.2. The average molecular weight is 352 g/mol. The maximum atomic E-state index is 13.4. The molecule has 24 heavy (non-hydrogen) atoms. The molecule has 4 nitrogen and oxygen atoms in total. The van der Waals surface area contributed by atoms with Crippen LogP contribution in [0.1, 0.15) is 33.6 Å². The average Bonchev–Trinajstić information content (AvgIpc) is 2.52. The fourth-order valence-electron chi connectivity index (χ4n) is 3.19. The van der Waals surface area contributed by atoms with Crippen molar-refractivity contribution in [3.8, 4) is 5.75 Å². The van der Waals surface area contributed by atoms with Gasteiger partial charge in [0.1, 0.15) is 12.9 Å². The summed E-state index contributed by atoms with van der Waals surface area (Å²) in [5.41, 5.74) is 1.17. The van der Waals surface area contributed by atoms with Crippen molar-refractivity contribution in [2.75, 3.05) is 45.4 Å². The van der Waals surface area contributed by atoms with Crippen LogP contribution in [-0.4, -0.2) is 51.0 Å². The molecule has 1 saturated heterocycles. The molecule has 1 fully saturated rings. The number of hydrogen-bond acceptors (Lipinski definition) is 4. The van der Waals surface area contributed by atoms with Gasteiger partial charge in [0.25, 0.3) is 0 Å². The van der Waals surface area contributed by atoms with Crippen molar-refractivity contribution in [3.63, 3.8) is 0 Å². The van der Waals surface area contributed by atoms with E-state index in [9.17, 15) is 4.57 Å². The summed E-state index contributed by atoms with van der Waals surface area (Å²) >= 11 is 0. The topological polar surface area (TPSA) is 41.6 Å². The van der Waals surface area contributed by atoms with E-state index in [1.807, 2.05) is 18.2 Å². The van der Waals surface area contributed by atoms with Crippen LogP contribution < -0.4 is 15.4 Å². The molecule has 0 saturated carbocycles. The molecule has 0 unspecified atom stereocenters. The second-order valence-electron chi connectivity index (χ2n) is 8.33. The minimum absolute atomic E-state index is 0.195. The lowest BCUT2D eigenvalue weighted by Crippen LogP contribution is -2.34. The Hall–Kier alpha value is -0.990. The third-order valence-electron chi connectivity index (χ3n) is 4.84. The minimum atomic E-state index is -2.29. The van der Waals surface area contributed by atoms with Gasteiger partial charge in [-0.2, -0.15) is 0 Å². The van der Waals surface area contributed by atoms with Gasteiger partial charge in [0.05, 0.1) is 12.8 Å². The van der Waals surface area contributed by atoms with Crippen molar-refractivity contribution in [1.29, 1.82) is 0 Å². The van der Waals surface area contributed by atoms with E-state index >= 15 is 0 Å². The van der Waals surface area contributed by atoms with E-state index in [2.05, 4.69) is 45.1 Å². The summed E-state index contributed by atoms with van der Waals surface area (Å²) < 4.78 is 19.0. The maximum Gasteiger partial charge on any atom is 0.142 e. The minimum Gasteiger partial charge on any atom is -0.495 e. The predicted molar refractivity (Wildman–Crippen MR) is 105 cm³/mol. The monoisotopic (exact) mass is 352 g/mol. The molecule has 1 aliphatic rings. The molecular weight excluding hydrogens is 319 g/mol. The van der Waals surface area contributed by atoms with Crippen LogP contribution in [0.15, 0.2) is 18.2 Å². The van der Waals surface area contributed by atoms with Crippen molar-refractivity contribution in [1.82, 2.24) is 4.90 Å². The first-order valence-corrected chi connectivity index (χ1v) is 10.9. The second-order valence-corrected chi connectivity index (χ2v) is 11.5. The van der Waals surface area contributed by atoms with E-state index in [-0.39, 0.29) is 5.41 Å². The highest BCUT2D eigenvalue weighted by molar-refractivity contribution is 7.71. The number of anilines is 1. The van der Waals surface area contributed by atoms with Gasteiger partial charge in [-0.05, 0) is 50.6 Å². The number of methoxy groups -OCH3 is 1. The van der Waals surface area contributed by atoms with Crippen molar-refractivity contribution >= 4 is 18.1 Å². The number of hydrogen-bond donors (Lipinski definition) is 1. The molecule has 136 valence electrons. The van der Waals surface area contributed by atoms with E-state index in [1.54, 1.807) is 7.11 Å². The molecule has 0 spiro atoms. The molecule has 0 amide bonds. The van der Waals surface area contributed by atoms with Crippen LogP contribution in [0, 0.1) is 5.41 Å². The van der Waals surface area contributed by atoms with Gasteiger partial charge in [-0.3, -0.25) is 0 Å². The van der Waals surface area contributed by atoms with Crippen molar-refractivity contribution in [2.24, 2.45) is 5.41 Å². The van der Waals surface area contributed by atoms with Crippen LogP contribution in [0.3, 0.4) is 0 Å². The van der Waals surface area contributed by atoms with E-state index in [0.717, 1.165) is 48.5 Å². The van der Waals surface area contributed by atoms with E-state index in [4.69, 9.17) is 4.74 Å². The summed E-state index contributed by atoms with van der Waals surface area (Å²) in [6.07, 6.45) is 3.62. The molecule has 0 atom stereocenters. The van der Waals surface area contributed by atoms with Gasteiger partial charge in [-0.1, -0.05) is 20.8 Å². The number of ether oxygens (including phenoxy) is 1. The number of rotatable bonds is 5. The van der Waals surface area contributed by atoms with Crippen LogP contribution in [0.5, 0.6) is 5.75 Å². The van der Waals surface area contributed by atoms with Crippen LogP contribution in [-0.2, 0) is 4.57 Å². The smallest absolute Gasteiger partial charge is 0.142 e. The number of benzene rings is 1. The van der Waals surface area contributed by atoms with Gasteiger partial charge < -0.3 is 19.5 Å². The summed E-state index contributed by atoms with van der Waals surface area (Å²) in [6, 6.07) is 6.60. The van der Waals surface area contributed by atoms with Crippen LogP contribution in [0.4, 0.5) is 5.69 Å². The van der Waals surface area contributed by atoms with Crippen LogP contribution >= 0.6 is 7.14 Å². The number of nitrogens with zero attached hydrogens (tertiary/aromatic N) is 1. The van der Waals surface area contributed by atoms with Crippen molar-refractivity contribution in [2.45, 2.75) is 39.7 Å². The molecule has 5 heteroatoms. The summed E-state index contributed by atoms with van der Waals surface area (Å²) in [5.74, 6) is 0.793. The van der Waals surface area contributed by atoms with E-state index in [0.29, 0.717) is 6.04 Å². The Balaban J connectivity index is 2.16. The second kappa shape index (κ2) is 7.49. The molecule has 1 aromatic carbocycles. The molecule has 1 N–H and O–H groups in total. The third-order valence-corrected chi connectivity index (χ3v) is 8.02. The molecule has 2 rings (SSSR count). The molecule has 0 radical (unpaired) electrons. The van der Waals surface area contributed by atoms with Crippen molar-refractivity contribution < 1.29 is 9.30 Å². The largest absolute Gasteiger partial charge is 0.495 e. The summed E-state index contributed by atoms with van der Waals surface area (Å²) in [4.78, 5) is 2.25. The van der Waals surface area contributed by atoms with Gasteiger partial charge >= 0.3 is 0 Å². The van der Waals surface area contributed by atoms with Gasteiger partial charge in [0.15, 0.2) is 0 Å². The van der Waals surface area contributed by atoms with Gasteiger partial charge in [-0.15, -0.1) is 0 Å². The Morgan fingerprint density at radius 2 is 1.88 bits per heavy atom. The van der Waals surface area contributed by atoms with Gasteiger partial charge in [-0.25, -0.2) is 0 Å². The Labute approximate surface area is 147 Å². The van der Waals surface area contributed by atoms with Crippen LogP contribution in [0.2, 0.25) is 0 Å². The zero-order chi connectivity index (χ0) is 18.0. The fourth-order valence-corrected chi connectivity index (χ4v) is 6.05. The van der Waals surface area contributed by atoms with E-state index in [1.165, 1.54) is 0 Å².